The fourth-order valence-electron chi connectivity index (χ4n) is 2.41. The zero-order valence-electron chi connectivity index (χ0n) is 13.2. The van der Waals surface area contributed by atoms with E-state index >= 15 is 0 Å². The molecule has 1 fully saturated rings. The second-order valence-corrected chi connectivity index (χ2v) is 6.03. The first-order valence-electron chi connectivity index (χ1n) is 7.67. The number of nitrogens with one attached hydrogen (secondary N) is 2. The average molecular weight is 328 g/mol. The van der Waals surface area contributed by atoms with Gasteiger partial charge in [-0.2, -0.15) is 0 Å². The summed E-state index contributed by atoms with van der Waals surface area (Å²) < 4.78 is 31.9. The molecule has 128 valence electrons. The smallest absolute Gasteiger partial charge is 0.315 e. The summed E-state index contributed by atoms with van der Waals surface area (Å²) in [6.07, 6.45) is -0.572. The van der Waals surface area contributed by atoms with Crippen LogP contribution >= 0.6 is 0 Å². The summed E-state index contributed by atoms with van der Waals surface area (Å²) >= 11 is 0. The third-order valence-electron chi connectivity index (χ3n) is 3.92. The predicted octanol–water partition coefficient (Wildman–Crippen LogP) is 2.11. The highest BCUT2D eigenvalue weighted by Crippen LogP contribution is 2.29. The number of urea groups is 1. The van der Waals surface area contributed by atoms with E-state index in [1.807, 2.05) is 13.8 Å². The van der Waals surface area contributed by atoms with Crippen molar-refractivity contribution < 1.29 is 23.4 Å². The van der Waals surface area contributed by atoms with Gasteiger partial charge in [0, 0.05) is 13.2 Å². The van der Waals surface area contributed by atoms with Crippen molar-refractivity contribution in [3.8, 4) is 0 Å². The summed E-state index contributed by atoms with van der Waals surface area (Å²) in [7, 11) is 0. The average Bonchev–Trinajstić information content (AvgIpc) is 2.95. The number of ether oxygens (including phenoxy) is 1. The first kappa shape index (κ1) is 17.6. The van der Waals surface area contributed by atoms with E-state index in [1.54, 1.807) is 0 Å². The number of carbonyl (C=O) groups excluding carboxylic acids is 1. The Kier molecular flexibility index (Phi) is 5.90. The lowest BCUT2D eigenvalue weighted by Crippen LogP contribution is -2.46. The minimum Gasteiger partial charge on any atom is -0.391 e. The van der Waals surface area contributed by atoms with E-state index in [1.165, 1.54) is 6.07 Å². The number of benzene rings is 1. The van der Waals surface area contributed by atoms with Crippen LogP contribution in [0.4, 0.5) is 13.6 Å². The van der Waals surface area contributed by atoms with Gasteiger partial charge in [-0.1, -0.05) is 19.9 Å². The molecule has 1 aromatic rings. The fourth-order valence-corrected chi connectivity index (χ4v) is 2.41. The van der Waals surface area contributed by atoms with Crippen molar-refractivity contribution in [2.75, 3.05) is 13.2 Å². The van der Waals surface area contributed by atoms with Gasteiger partial charge in [0.15, 0.2) is 11.6 Å². The maximum absolute atomic E-state index is 13.3. The van der Waals surface area contributed by atoms with Crippen LogP contribution in [-0.2, 0) is 4.74 Å². The van der Waals surface area contributed by atoms with E-state index in [0.29, 0.717) is 18.6 Å². The van der Waals surface area contributed by atoms with Crippen LogP contribution in [-0.4, -0.2) is 36.4 Å². The molecule has 1 aromatic carbocycles. The van der Waals surface area contributed by atoms with Crippen molar-refractivity contribution in [2.45, 2.75) is 38.5 Å². The van der Waals surface area contributed by atoms with Crippen LogP contribution in [0, 0.1) is 17.6 Å². The van der Waals surface area contributed by atoms with E-state index in [2.05, 4.69) is 10.6 Å². The second kappa shape index (κ2) is 7.70. The summed E-state index contributed by atoms with van der Waals surface area (Å²) in [5, 5.41) is 15.0. The summed E-state index contributed by atoms with van der Waals surface area (Å²) in [6.45, 7) is 4.28. The van der Waals surface area contributed by atoms with Gasteiger partial charge in [-0.15, -0.1) is 0 Å². The molecular weight excluding hydrogens is 306 g/mol. The van der Waals surface area contributed by atoms with Gasteiger partial charge >= 0.3 is 6.03 Å². The molecule has 0 spiro atoms. The molecule has 0 aliphatic carbocycles. The molecule has 23 heavy (non-hydrogen) atoms. The molecule has 5 nitrogen and oxygen atoms in total. The molecule has 1 aliphatic heterocycles. The third kappa shape index (κ3) is 4.62. The normalized spacial score (nSPS) is 22.2. The number of aliphatic hydroxyl groups excluding tert-OH is 1. The molecule has 0 aromatic heterocycles. The van der Waals surface area contributed by atoms with Crippen molar-refractivity contribution in [1.29, 1.82) is 0 Å². The molecule has 3 unspecified atom stereocenters. The highest BCUT2D eigenvalue weighted by Gasteiger charge is 2.31. The van der Waals surface area contributed by atoms with Crippen molar-refractivity contribution >= 4 is 6.03 Å². The third-order valence-corrected chi connectivity index (χ3v) is 3.92. The van der Waals surface area contributed by atoms with Gasteiger partial charge < -0.3 is 20.5 Å². The lowest BCUT2D eigenvalue weighted by Gasteiger charge is -2.21. The standard InChI is InChI=1S/C16H22F2N2O3/c1-9(2)14(21)8-19-16(22)20-13-5-6-23-15(13)10-3-4-11(17)12(18)7-10/h3-4,7,9,13-15,21H,5-6,8H2,1-2H3,(H2,19,20,22). The summed E-state index contributed by atoms with van der Waals surface area (Å²) in [6, 6.07) is 2.82. The first-order valence-corrected chi connectivity index (χ1v) is 7.67. The van der Waals surface area contributed by atoms with Gasteiger partial charge in [0.2, 0.25) is 0 Å². The van der Waals surface area contributed by atoms with E-state index in [0.717, 1.165) is 12.1 Å². The lowest BCUT2D eigenvalue weighted by molar-refractivity contribution is 0.0987. The molecule has 1 aliphatic rings. The van der Waals surface area contributed by atoms with Crippen molar-refractivity contribution in [2.24, 2.45) is 5.92 Å². The number of rotatable bonds is 5. The minimum atomic E-state index is -0.943. The monoisotopic (exact) mass is 328 g/mol. The van der Waals surface area contributed by atoms with Crippen molar-refractivity contribution in [3.05, 3.63) is 35.4 Å². The molecule has 3 N–H and O–H groups in total. The summed E-state index contributed by atoms with van der Waals surface area (Å²) in [5.41, 5.74) is 0.480. The number of aliphatic hydroxyl groups is 1. The van der Waals surface area contributed by atoms with Crippen molar-refractivity contribution in [1.82, 2.24) is 10.6 Å². The molecule has 0 bridgehead atoms. The van der Waals surface area contributed by atoms with E-state index in [9.17, 15) is 18.7 Å². The zero-order chi connectivity index (χ0) is 17.0. The first-order chi connectivity index (χ1) is 10.9. The Morgan fingerprint density at radius 3 is 2.78 bits per heavy atom. The predicted molar refractivity (Wildman–Crippen MR) is 80.8 cm³/mol. The minimum absolute atomic E-state index is 0.0417. The van der Waals surface area contributed by atoms with Crippen LogP contribution in [0.3, 0.4) is 0 Å². The number of amides is 2. The van der Waals surface area contributed by atoms with Gasteiger partial charge in [0.1, 0.15) is 6.10 Å². The Morgan fingerprint density at radius 1 is 1.39 bits per heavy atom. The van der Waals surface area contributed by atoms with Crippen LogP contribution in [0.5, 0.6) is 0 Å². The molecule has 7 heteroatoms. The van der Waals surface area contributed by atoms with Gasteiger partial charge in [0.25, 0.3) is 0 Å². The van der Waals surface area contributed by atoms with E-state index in [-0.39, 0.29) is 18.5 Å². The Hall–Kier alpha value is -1.73. The highest BCUT2D eigenvalue weighted by atomic mass is 19.2. The maximum atomic E-state index is 13.3. The number of hydrogen-bond donors (Lipinski definition) is 3. The van der Waals surface area contributed by atoms with E-state index in [4.69, 9.17) is 4.74 Å². The largest absolute Gasteiger partial charge is 0.391 e. The van der Waals surface area contributed by atoms with Gasteiger partial charge in [-0.25, -0.2) is 13.6 Å². The van der Waals surface area contributed by atoms with Crippen LogP contribution in [0.2, 0.25) is 0 Å². The SMILES string of the molecule is CC(C)C(O)CNC(=O)NC1CCOC1c1ccc(F)c(F)c1. The Bertz CT molecular complexity index is 554. The molecule has 2 rings (SSSR count). The molecule has 1 heterocycles. The van der Waals surface area contributed by atoms with Crippen LogP contribution in [0.15, 0.2) is 18.2 Å². The molecule has 0 saturated carbocycles. The lowest BCUT2D eigenvalue weighted by atomic mass is 10.0. The Labute approximate surface area is 134 Å². The number of halogens is 2. The maximum Gasteiger partial charge on any atom is 0.315 e. The number of hydrogen-bond acceptors (Lipinski definition) is 3. The topological polar surface area (TPSA) is 70.6 Å². The molecule has 0 radical (unpaired) electrons. The van der Waals surface area contributed by atoms with Crippen LogP contribution in [0.1, 0.15) is 31.9 Å². The van der Waals surface area contributed by atoms with E-state index < -0.39 is 29.9 Å². The highest BCUT2D eigenvalue weighted by molar-refractivity contribution is 5.74. The molecule has 2 amide bonds. The fraction of sp³-hybridized carbons (Fsp3) is 0.562. The quantitative estimate of drug-likeness (QED) is 0.775. The van der Waals surface area contributed by atoms with Gasteiger partial charge in [0.05, 0.1) is 12.1 Å². The summed E-state index contributed by atoms with van der Waals surface area (Å²) in [5.74, 6) is -1.82. The number of carbonyl (C=O) groups is 1. The Balaban J connectivity index is 1.93. The molecular formula is C16H22F2N2O3. The van der Waals surface area contributed by atoms with Crippen molar-refractivity contribution in [3.63, 3.8) is 0 Å². The second-order valence-electron chi connectivity index (χ2n) is 6.03. The Morgan fingerprint density at radius 2 is 2.13 bits per heavy atom. The molecule has 3 atom stereocenters. The zero-order valence-corrected chi connectivity index (χ0v) is 13.2. The van der Waals surface area contributed by atoms with Crippen LogP contribution < -0.4 is 10.6 Å². The van der Waals surface area contributed by atoms with Gasteiger partial charge in [-0.05, 0) is 30.0 Å². The van der Waals surface area contributed by atoms with Gasteiger partial charge in [-0.3, -0.25) is 0 Å². The molecule has 1 saturated heterocycles. The summed E-state index contributed by atoms with van der Waals surface area (Å²) in [4.78, 5) is 11.9. The van der Waals surface area contributed by atoms with Crippen LogP contribution in [0.25, 0.3) is 0 Å².